The highest BCUT2D eigenvalue weighted by atomic mass is 16.2. The van der Waals surface area contributed by atoms with Crippen LogP contribution in [0.5, 0.6) is 0 Å². The van der Waals surface area contributed by atoms with Crippen LogP contribution in [0.15, 0.2) is 33.9 Å². The highest BCUT2D eigenvalue weighted by Gasteiger charge is 2.02. The fourth-order valence-electron chi connectivity index (χ4n) is 1.53. The molecule has 4 heteroatoms. The molecule has 2 rings (SSSR count). The molecule has 0 fully saturated rings. The van der Waals surface area contributed by atoms with Gasteiger partial charge in [0.15, 0.2) is 0 Å². The quantitative estimate of drug-likeness (QED) is 0.730. The summed E-state index contributed by atoms with van der Waals surface area (Å²) in [5, 5.41) is 0.491. The number of H-pyrrole nitrogens is 2. The second kappa shape index (κ2) is 3.57. The van der Waals surface area contributed by atoms with E-state index in [1.807, 2.05) is 25.1 Å². The molecule has 76 valence electrons. The summed E-state index contributed by atoms with van der Waals surface area (Å²) in [6.07, 6.45) is 3.70. The number of para-hydroxylation sites is 1. The summed E-state index contributed by atoms with van der Waals surface area (Å²) in [5.74, 6) is 0. The standard InChI is InChI=1S/C11H10N2O2/c1-2-4-7-5-3-6-8-9(7)12-11(15)13-10(8)14/h2-6H,1H3,(H2,12,13,14,15). The Morgan fingerprint density at radius 2 is 2.00 bits per heavy atom. The molecule has 0 radical (unpaired) electrons. The van der Waals surface area contributed by atoms with E-state index in [4.69, 9.17) is 0 Å². The zero-order valence-corrected chi connectivity index (χ0v) is 8.20. The maximum absolute atomic E-state index is 11.5. The molecule has 2 aromatic rings. The molecule has 0 spiro atoms. The molecule has 0 aliphatic carbocycles. The first-order valence-corrected chi connectivity index (χ1v) is 4.60. The molecule has 1 heterocycles. The van der Waals surface area contributed by atoms with Gasteiger partial charge in [-0.2, -0.15) is 0 Å². The van der Waals surface area contributed by atoms with E-state index < -0.39 is 5.69 Å². The van der Waals surface area contributed by atoms with Crippen molar-refractivity contribution < 1.29 is 0 Å². The largest absolute Gasteiger partial charge is 0.326 e. The van der Waals surface area contributed by atoms with Crippen LogP contribution in [0, 0.1) is 0 Å². The maximum Gasteiger partial charge on any atom is 0.326 e. The summed E-state index contributed by atoms with van der Waals surface area (Å²) in [7, 11) is 0. The molecule has 0 bridgehead atoms. The van der Waals surface area contributed by atoms with Gasteiger partial charge in [0.2, 0.25) is 0 Å². The molecule has 0 atom stereocenters. The molecule has 0 unspecified atom stereocenters. The molecule has 15 heavy (non-hydrogen) atoms. The van der Waals surface area contributed by atoms with Gasteiger partial charge < -0.3 is 4.98 Å². The Kier molecular flexibility index (Phi) is 2.25. The molecular formula is C11H10N2O2. The van der Waals surface area contributed by atoms with Gasteiger partial charge in [-0.3, -0.25) is 9.78 Å². The third-order valence-corrected chi connectivity index (χ3v) is 2.15. The monoisotopic (exact) mass is 202 g/mol. The molecule has 0 saturated heterocycles. The fraction of sp³-hybridized carbons (Fsp3) is 0.0909. The van der Waals surface area contributed by atoms with Gasteiger partial charge in [0.25, 0.3) is 5.56 Å². The zero-order chi connectivity index (χ0) is 10.8. The summed E-state index contributed by atoms with van der Waals surface area (Å²) >= 11 is 0. The van der Waals surface area contributed by atoms with E-state index in [1.165, 1.54) is 0 Å². The van der Waals surface area contributed by atoms with Crippen LogP contribution in [0.2, 0.25) is 0 Å². The number of aromatic amines is 2. The van der Waals surface area contributed by atoms with Crippen molar-refractivity contribution in [1.82, 2.24) is 9.97 Å². The summed E-state index contributed by atoms with van der Waals surface area (Å²) < 4.78 is 0. The average molecular weight is 202 g/mol. The number of nitrogens with one attached hydrogen (secondary N) is 2. The Balaban J connectivity index is 2.97. The van der Waals surface area contributed by atoms with Crippen LogP contribution in [0.25, 0.3) is 17.0 Å². The third-order valence-electron chi connectivity index (χ3n) is 2.15. The molecule has 1 aromatic heterocycles. The number of rotatable bonds is 1. The lowest BCUT2D eigenvalue weighted by atomic mass is 10.1. The molecule has 2 N–H and O–H groups in total. The summed E-state index contributed by atoms with van der Waals surface area (Å²) in [5.41, 5.74) is 0.562. The lowest BCUT2D eigenvalue weighted by molar-refractivity contribution is 1.08. The number of benzene rings is 1. The number of hydrogen-bond donors (Lipinski definition) is 2. The first-order chi connectivity index (χ1) is 7.22. The van der Waals surface area contributed by atoms with Crippen LogP contribution >= 0.6 is 0 Å². The maximum atomic E-state index is 11.5. The lowest BCUT2D eigenvalue weighted by Crippen LogP contribution is -2.22. The third kappa shape index (κ3) is 1.61. The van der Waals surface area contributed by atoms with E-state index in [0.717, 1.165) is 5.56 Å². The van der Waals surface area contributed by atoms with E-state index in [-0.39, 0.29) is 5.56 Å². The van der Waals surface area contributed by atoms with Gasteiger partial charge in [0.05, 0.1) is 10.9 Å². The summed E-state index contributed by atoms with van der Waals surface area (Å²) in [6, 6.07) is 5.31. The van der Waals surface area contributed by atoms with Gasteiger partial charge in [0, 0.05) is 0 Å². The molecule has 0 saturated carbocycles. The highest BCUT2D eigenvalue weighted by Crippen LogP contribution is 2.12. The topological polar surface area (TPSA) is 65.7 Å². The molecule has 0 aliphatic heterocycles. The van der Waals surface area contributed by atoms with Gasteiger partial charge in [-0.05, 0) is 18.6 Å². The van der Waals surface area contributed by atoms with Crippen molar-refractivity contribution in [3.05, 3.63) is 50.7 Å². The number of allylic oxidation sites excluding steroid dienone is 1. The zero-order valence-electron chi connectivity index (χ0n) is 8.20. The van der Waals surface area contributed by atoms with Crippen LogP contribution in [0.4, 0.5) is 0 Å². The number of fused-ring (bicyclic) bond motifs is 1. The van der Waals surface area contributed by atoms with E-state index in [1.54, 1.807) is 12.1 Å². The molecule has 1 aromatic carbocycles. The Labute approximate surface area is 85.3 Å². The van der Waals surface area contributed by atoms with Crippen LogP contribution < -0.4 is 11.2 Å². The van der Waals surface area contributed by atoms with E-state index >= 15 is 0 Å². The second-order valence-corrected chi connectivity index (χ2v) is 3.18. The van der Waals surface area contributed by atoms with Crippen molar-refractivity contribution in [3.8, 4) is 0 Å². The van der Waals surface area contributed by atoms with Gasteiger partial charge in [0.1, 0.15) is 0 Å². The minimum Gasteiger partial charge on any atom is -0.306 e. The first-order valence-electron chi connectivity index (χ1n) is 4.60. The highest BCUT2D eigenvalue weighted by molar-refractivity contribution is 5.86. The van der Waals surface area contributed by atoms with Crippen LogP contribution in [0.1, 0.15) is 12.5 Å². The predicted octanol–water partition coefficient (Wildman–Crippen LogP) is 1.25. The normalized spacial score (nSPS) is 11.3. The molecular weight excluding hydrogens is 192 g/mol. The van der Waals surface area contributed by atoms with Crippen molar-refractivity contribution in [1.29, 1.82) is 0 Å². The SMILES string of the molecule is CC=Cc1cccc2c(=O)[nH]c(=O)[nH]c12. The van der Waals surface area contributed by atoms with Crippen LogP contribution in [-0.4, -0.2) is 9.97 Å². The Morgan fingerprint density at radius 1 is 1.20 bits per heavy atom. The van der Waals surface area contributed by atoms with Crippen molar-refractivity contribution in [2.45, 2.75) is 6.92 Å². The van der Waals surface area contributed by atoms with Crippen molar-refractivity contribution in [2.75, 3.05) is 0 Å². The number of hydrogen-bond acceptors (Lipinski definition) is 2. The summed E-state index contributed by atoms with van der Waals surface area (Å²) in [4.78, 5) is 27.4. The minimum atomic E-state index is -0.482. The van der Waals surface area contributed by atoms with Crippen LogP contribution in [-0.2, 0) is 0 Å². The van der Waals surface area contributed by atoms with Crippen molar-refractivity contribution in [2.24, 2.45) is 0 Å². The lowest BCUT2D eigenvalue weighted by Gasteiger charge is -1.99. The van der Waals surface area contributed by atoms with E-state index in [9.17, 15) is 9.59 Å². The smallest absolute Gasteiger partial charge is 0.306 e. The van der Waals surface area contributed by atoms with E-state index in [0.29, 0.717) is 10.9 Å². The van der Waals surface area contributed by atoms with Crippen molar-refractivity contribution in [3.63, 3.8) is 0 Å². The Hall–Kier alpha value is -2.10. The van der Waals surface area contributed by atoms with Crippen molar-refractivity contribution >= 4 is 17.0 Å². The first kappa shape index (κ1) is 9.45. The molecule has 4 nitrogen and oxygen atoms in total. The summed E-state index contributed by atoms with van der Waals surface area (Å²) in [6.45, 7) is 1.88. The second-order valence-electron chi connectivity index (χ2n) is 3.18. The van der Waals surface area contributed by atoms with Gasteiger partial charge in [-0.15, -0.1) is 0 Å². The number of aromatic nitrogens is 2. The predicted molar refractivity (Wildman–Crippen MR) is 59.9 cm³/mol. The van der Waals surface area contributed by atoms with Gasteiger partial charge in [-0.1, -0.05) is 24.3 Å². The Bertz CT molecular complexity index is 635. The van der Waals surface area contributed by atoms with E-state index in [2.05, 4.69) is 9.97 Å². The molecule has 0 amide bonds. The van der Waals surface area contributed by atoms with Gasteiger partial charge >= 0.3 is 5.69 Å². The van der Waals surface area contributed by atoms with Crippen LogP contribution in [0.3, 0.4) is 0 Å². The fourth-order valence-corrected chi connectivity index (χ4v) is 1.53. The molecule has 0 aliphatic rings. The average Bonchev–Trinajstić information content (AvgIpc) is 2.19. The minimum absolute atomic E-state index is 0.361. The Morgan fingerprint density at radius 3 is 2.73 bits per heavy atom. The van der Waals surface area contributed by atoms with Gasteiger partial charge in [-0.25, -0.2) is 4.79 Å².